The Hall–Kier alpha value is -3.13. The molecular formula is C30H31NO. The molecule has 5 rings (SSSR count). The number of carbonyl (C=O) groups is 1. The summed E-state index contributed by atoms with van der Waals surface area (Å²) in [7, 11) is 0. The molecule has 3 aromatic carbocycles. The Morgan fingerprint density at radius 1 is 0.719 bits per heavy atom. The van der Waals surface area contributed by atoms with Crippen LogP contribution in [0.15, 0.2) is 97.1 Å². The van der Waals surface area contributed by atoms with Crippen LogP contribution in [0.3, 0.4) is 0 Å². The Balaban J connectivity index is 1.61. The fourth-order valence-corrected chi connectivity index (χ4v) is 5.48. The number of allylic oxidation sites excluding steroid dienone is 1. The van der Waals surface area contributed by atoms with Crippen molar-refractivity contribution in [1.82, 2.24) is 4.90 Å². The molecule has 2 aliphatic rings. The normalized spacial score (nSPS) is 21.8. The summed E-state index contributed by atoms with van der Waals surface area (Å²) in [6.45, 7) is 0.776. The lowest BCUT2D eigenvalue weighted by Gasteiger charge is -2.44. The first-order valence-corrected chi connectivity index (χ1v) is 12.0. The van der Waals surface area contributed by atoms with Crippen LogP contribution in [-0.4, -0.2) is 23.3 Å². The Kier molecular flexibility index (Phi) is 6.20. The predicted molar refractivity (Wildman–Crippen MR) is 131 cm³/mol. The number of carbonyl (C=O) groups excluding carboxylic acids is 1. The highest BCUT2D eigenvalue weighted by Gasteiger charge is 2.38. The summed E-state index contributed by atoms with van der Waals surface area (Å²) in [5.41, 5.74) is 4.59. The maximum absolute atomic E-state index is 13.8. The summed E-state index contributed by atoms with van der Waals surface area (Å²) in [6.07, 6.45) is 8.70. The molecule has 0 bridgehead atoms. The first-order chi connectivity index (χ1) is 15.8. The van der Waals surface area contributed by atoms with Gasteiger partial charge in [0.2, 0.25) is 0 Å². The topological polar surface area (TPSA) is 20.3 Å². The van der Waals surface area contributed by atoms with Gasteiger partial charge in [0.05, 0.1) is 5.92 Å². The molecule has 1 aliphatic carbocycles. The van der Waals surface area contributed by atoms with Crippen molar-refractivity contribution in [2.24, 2.45) is 5.92 Å². The van der Waals surface area contributed by atoms with Crippen molar-refractivity contribution in [1.29, 1.82) is 0 Å². The second-order valence-corrected chi connectivity index (χ2v) is 9.14. The average molecular weight is 422 g/mol. The van der Waals surface area contributed by atoms with E-state index >= 15 is 0 Å². The first-order valence-electron chi connectivity index (χ1n) is 12.0. The van der Waals surface area contributed by atoms with E-state index in [0.29, 0.717) is 6.04 Å². The number of hydrogen-bond donors (Lipinski definition) is 0. The molecule has 1 aliphatic heterocycles. The molecule has 162 valence electrons. The Morgan fingerprint density at radius 3 is 1.97 bits per heavy atom. The number of rotatable bonds is 5. The van der Waals surface area contributed by atoms with Gasteiger partial charge in [0.1, 0.15) is 0 Å². The summed E-state index contributed by atoms with van der Waals surface area (Å²) in [5.74, 6) is 0.233. The van der Waals surface area contributed by atoms with E-state index < -0.39 is 0 Å². The molecule has 0 N–H and O–H groups in total. The Morgan fingerprint density at radius 2 is 1.31 bits per heavy atom. The summed E-state index contributed by atoms with van der Waals surface area (Å²) < 4.78 is 0. The van der Waals surface area contributed by atoms with Crippen LogP contribution in [-0.2, 0) is 0 Å². The minimum absolute atomic E-state index is 0.0685. The van der Waals surface area contributed by atoms with Crippen molar-refractivity contribution in [3.05, 3.63) is 114 Å². The van der Waals surface area contributed by atoms with Gasteiger partial charge in [0.25, 0.3) is 0 Å². The third kappa shape index (κ3) is 4.27. The summed E-state index contributed by atoms with van der Waals surface area (Å²) in [6, 6.07) is 31.7. The molecular weight excluding hydrogens is 390 g/mol. The molecule has 2 unspecified atom stereocenters. The number of nitrogens with zero attached hydrogens (tertiary/aromatic N) is 1. The monoisotopic (exact) mass is 421 g/mol. The molecule has 2 heteroatoms. The first kappa shape index (κ1) is 20.8. The molecule has 1 fully saturated rings. The van der Waals surface area contributed by atoms with Crippen LogP contribution in [0.2, 0.25) is 0 Å². The van der Waals surface area contributed by atoms with E-state index in [0.717, 1.165) is 12.1 Å². The van der Waals surface area contributed by atoms with E-state index in [1.54, 1.807) is 0 Å². The minimum Gasteiger partial charge on any atom is -0.368 e. The van der Waals surface area contributed by atoms with Gasteiger partial charge in [0.15, 0.2) is 5.78 Å². The molecule has 0 spiro atoms. The fraction of sp³-hybridized carbons (Fsp3) is 0.300. The van der Waals surface area contributed by atoms with Crippen molar-refractivity contribution >= 4 is 11.5 Å². The quantitative estimate of drug-likeness (QED) is 0.415. The second kappa shape index (κ2) is 9.56. The molecule has 1 saturated carbocycles. The van der Waals surface area contributed by atoms with Gasteiger partial charge < -0.3 is 4.90 Å². The molecule has 1 heterocycles. The van der Waals surface area contributed by atoms with Crippen LogP contribution in [0.1, 0.15) is 59.5 Å². The van der Waals surface area contributed by atoms with Gasteiger partial charge >= 0.3 is 0 Å². The van der Waals surface area contributed by atoms with Crippen LogP contribution in [0.4, 0.5) is 0 Å². The zero-order valence-corrected chi connectivity index (χ0v) is 18.6. The van der Waals surface area contributed by atoms with Gasteiger partial charge in [-0.25, -0.2) is 0 Å². The zero-order valence-electron chi connectivity index (χ0n) is 18.6. The molecule has 32 heavy (non-hydrogen) atoms. The molecule has 3 aromatic rings. The molecule has 0 aromatic heterocycles. The fourth-order valence-electron chi connectivity index (χ4n) is 5.48. The van der Waals surface area contributed by atoms with E-state index in [4.69, 9.17) is 0 Å². The average Bonchev–Trinajstić information content (AvgIpc) is 2.89. The van der Waals surface area contributed by atoms with E-state index in [9.17, 15) is 4.79 Å². The maximum Gasteiger partial charge on any atom is 0.168 e. The molecule has 2 atom stereocenters. The van der Waals surface area contributed by atoms with Crippen LogP contribution in [0.5, 0.6) is 0 Å². The number of ketones is 1. The lowest BCUT2D eigenvalue weighted by Crippen LogP contribution is -2.45. The minimum atomic E-state index is -0.0887. The number of Topliss-reactive ketones (excluding diaryl/α,β-unsaturated/α-hetero) is 1. The highest BCUT2D eigenvalue weighted by molar-refractivity contribution is 5.99. The second-order valence-electron chi connectivity index (χ2n) is 9.14. The van der Waals surface area contributed by atoms with Crippen LogP contribution in [0, 0.1) is 5.92 Å². The summed E-state index contributed by atoms with van der Waals surface area (Å²) >= 11 is 0. The van der Waals surface area contributed by atoms with Crippen molar-refractivity contribution < 1.29 is 4.79 Å². The van der Waals surface area contributed by atoms with E-state index in [1.165, 1.54) is 48.9 Å². The highest BCUT2D eigenvalue weighted by atomic mass is 16.1. The van der Waals surface area contributed by atoms with Crippen molar-refractivity contribution in [3.8, 4) is 0 Å². The Labute approximate surface area is 191 Å². The third-order valence-electron chi connectivity index (χ3n) is 7.14. The van der Waals surface area contributed by atoms with Crippen molar-refractivity contribution in [2.75, 3.05) is 6.54 Å². The Bertz CT molecular complexity index is 1050. The predicted octanol–water partition coefficient (Wildman–Crippen LogP) is 6.96. The molecule has 0 radical (unpaired) electrons. The standard InChI is InChI=1S/C30H31NO/c32-30(25-17-9-3-10-18-25)28-22-31(26-19-11-4-12-20-26)29(24-15-7-2-8-16-24)21-27(28)23-13-5-1-6-14-23/h1-3,5-10,13-18,21,26-28H,4,11-12,19-20,22H2. The zero-order chi connectivity index (χ0) is 21.8. The van der Waals surface area contributed by atoms with Gasteiger partial charge in [-0.3, -0.25) is 4.79 Å². The van der Waals surface area contributed by atoms with Gasteiger partial charge in [0, 0.05) is 29.8 Å². The molecule has 0 amide bonds. The van der Waals surface area contributed by atoms with Crippen molar-refractivity contribution in [3.63, 3.8) is 0 Å². The maximum atomic E-state index is 13.8. The van der Waals surface area contributed by atoms with Gasteiger partial charge in [-0.05, 0) is 24.0 Å². The van der Waals surface area contributed by atoms with Crippen LogP contribution in [0.25, 0.3) is 5.70 Å². The third-order valence-corrected chi connectivity index (χ3v) is 7.14. The molecule has 0 saturated heterocycles. The lowest BCUT2D eigenvalue weighted by atomic mass is 9.76. The van der Waals surface area contributed by atoms with Crippen LogP contribution >= 0.6 is 0 Å². The van der Waals surface area contributed by atoms with Gasteiger partial charge in [-0.2, -0.15) is 0 Å². The number of benzene rings is 3. The van der Waals surface area contributed by atoms with E-state index in [-0.39, 0.29) is 17.6 Å². The van der Waals surface area contributed by atoms with Gasteiger partial charge in [-0.1, -0.05) is 116 Å². The smallest absolute Gasteiger partial charge is 0.168 e. The summed E-state index contributed by atoms with van der Waals surface area (Å²) in [5, 5.41) is 0. The van der Waals surface area contributed by atoms with E-state index in [2.05, 4.69) is 71.6 Å². The lowest BCUT2D eigenvalue weighted by molar-refractivity contribution is 0.0852. The van der Waals surface area contributed by atoms with Crippen LogP contribution < -0.4 is 0 Å². The largest absolute Gasteiger partial charge is 0.368 e. The SMILES string of the molecule is O=C(c1ccccc1)C1CN(C2CCCCC2)C(c2ccccc2)=CC1c1ccccc1. The number of hydrogen-bond acceptors (Lipinski definition) is 2. The molecule has 2 nitrogen and oxygen atoms in total. The van der Waals surface area contributed by atoms with Crippen molar-refractivity contribution in [2.45, 2.75) is 44.1 Å². The highest BCUT2D eigenvalue weighted by Crippen LogP contribution is 2.41. The van der Waals surface area contributed by atoms with E-state index in [1.807, 2.05) is 30.3 Å². The summed E-state index contributed by atoms with van der Waals surface area (Å²) in [4.78, 5) is 16.4. The van der Waals surface area contributed by atoms with Gasteiger partial charge in [-0.15, -0.1) is 0 Å².